The third-order valence-corrected chi connectivity index (χ3v) is 13.9. The average Bonchev–Trinajstić information content (AvgIpc) is 4.30. The number of imidazole rings is 2. The van der Waals surface area contributed by atoms with Crippen LogP contribution in [0.3, 0.4) is 0 Å². The summed E-state index contributed by atoms with van der Waals surface area (Å²) in [5.41, 5.74) is 8.29. The molecule has 2 amide bonds. The van der Waals surface area contributed by atoms with Crippen molar-refractivity contribution in [1.29, 1.82) is 0 Å². The molecule has 0 saturated heterocycles. The fourth-order valence-electron chi connectivity index (χ4n) is 10.2. The van der Waals surface area contributed by atoms with Gasteiger partial charge in [0.05, 0.1) is 132 Å². The number of rotatable bonds is 21. The Morgan fingerprint density at radius 1 is 0.590 bits per heavy atom. The van der Waals surface area contributed by atoms with Crippen LogP contribution in [0.25, 0.3) is 66.1 Å². The van der Waals surface area contributed by atoms with Crippen LogP contribution < -0.4 is 31.5 Å². The molecule has 2 atom stereocenters. The molecule has 402 valence electrons. The van der Waals surface area contributed by atoms with Gasteiger partial charge in [0.2, 0.25) is 11.8 Å². The van der Waals surface area contributed by atoms with Crippen molar-refractivity contribution in [2.24, 2.45) is 0 Å². The maximum absolute atomic E-state index is 14.4. The van der Waals surface area contributed by atoms with Crippen LogP contribution in [0.15, 0.2) is 104 Å². The molecule has 0 spiro atoms. The van der Waals surface area contributed by atoms with E-state index in [1.807, 2.05) is 102 Å². The number of aryl methyl sites for hydroxylation is 4. The Bertz CT molecular complexity index is 3690. The van der Waals surface area contributed by atoms with Gasteiger partial charge < -0.3 is 38.6 Å². The van der Waals surface area contributed by atoms with E-state index in [0.717, 1.165) is 22.3 Å². The minimum Gasteiger partial charge on any atom is -0.496 e. The lowest BCUT2D eigenvalue weighted by Crippen LogP contribution is -2.35. The minimum atomic E-state index is -0.504. The topological polar surface area (TPSA) is 253 Å². The summed E-state index contributed by atoms with van der Waals surface area (Å²) in [6.45, 7) is 11.8. The highest BCUT2D eigenvalue weighted by molar-refractivity contribution is 6.06. The third-order valence-electron chi connectivity index (χ3n) is 13.9. The Kier molecular flexibility index (Phi) is 15.0. The minimum absolute atomic E-state index is 0.175. The molecule has 2 N–H and O–H groups in total. The highest BCUT2D eigenvalue weighted by Crippen LogP contribution is 2.41. The van der Waals surface area contributed by atoms with Crippen molar-refractivity contribution in [3.63, 3.8) is 0 Å². The molecule has 0 radical (unpaired) electrons. The van der Waals surface area contributed by atoms with Gasteiger partial charge in [0.1, 0.15) is 36.1 Å². The number of nitrogens with zero attached hydrogens (tertiary/aromatic N) is 10. The molecule has 2 aromatic carbocycles. The predicted molar refractivity (Wildman–Crippen MR) is 290 cm³/mol. The molecule has 0 aliphatic rings. The zero-order valence-electron chi connectivity index (χ0n) is 44.4. The first kappa shape index (κ1) is 52.4. The fourth-order valence-corrected chi connectivity index (χ4v) is 10.2. The average molecular weight is 1060 g/mol. The number of aromatic nitrogens is 10. The summed E-state index contributed by atoms with van der Waals surface area (Å²) < 4.78 is 40.2. The van der Waals surface area contributed by atoms with Crippen LogP contribution in [0, 0.1) is 27.7 Å². The summed E-state index contributed by atoms with van der Waals surface area (Å²) in [5, 5.41) is 15.3. The summed E-state index contributed by atoms with van der Waals surface area (Å²) in [7, 11) is 3.15. The van der Waals surface area contributed by atoms with Gasteiger partial charge in [-0.1, -0.05) is 22.4 Å². The van der Waals surface area contributed by atoms with Crippen LogP contribution >= 0.6 is 0 Å². The molecule has 0 unspecified atom stereocenters. The van der Waals surface area contributed by atoms with E-state index >= 15 is 0 Å². The van der Waals surface area contributed by atoms with Crippen molar-refractivity contribution in [2.45, 2.75) is 66.7 Å². The Morgan fingerprint density at radius 3 is 1.37 bits per heavy atom. The van der Waals surface area contributed by atoms with Crippen LogP contribution in [-0.2, 0) is 32.2 Å². The van der Waals surface area contributed by atoms with E-state index in [4.69, 9.17) is 38.0 Å². The first-order valence-electron chi connectivity index (χ1n) is 25.4. The molecular weight excluding hydrogens is 1000 g/mol. The van der Waals surface area contributed by atoms with Crippen molar-refractivity contribution < 1.29 is 37.6 Å². The molecule has 22 heteroatoms. The van der Waals surface area contributed by atoms with Crippen LogP contribution in [0.5, 0.6) is 11.5 Å². The number of carbonyl (C=O) groups is 2. The van der Waals surface area contributed by atoms with E-state index < -0.39 is 35.3 Å². The van der Waals surface area contributed by atoms with Crippen LogP contribution in [0.2, 0.25) is 0 Å². The van der Waals surface area contributed by atoms with Crippen molar-refractivity contribution in [1.82, 2.24) is 59.2 Å². The molecule has 0 aliphatic heterocycles. The van der Waals surface area contributed by atoms with Gasteiger partial charge in [0.25, 0.3) is 0 Å². The number of pyridine rings is 4. The van der Waals surface area contributed by atoms with Gasteiger partial charge in [-0.15, -0.1) is 0 Å². The van der Waals surface area contributed by atoms with Crippen molar-refractivity contribution in [2.75, 3.05) is 53.7 Å². The first-order chi connectivity index (χ1) is 37.8. The van der Waals surface area contributed by atoms with Crippen molar-refractivity contribution in [3.8, 4) is 33.8 Å². The lowest BCUT2D eigenvalue weighted by molar-refractivity contribution is -0.122. The van der Waals surface area contributed by atoms with E-state index in [-0.39, 0.29) is 52.6 Å². The molecule has 0 fully saturated rings. The van der Waals surface area contributed by atoms with Crippen LogP contribution in [-0.4, -0.2) is 114 Å². The fraction of sp³-hybridized carbons (Fsp3) is 0.321. The van der Waals surface area contributed by atoms with Crippen LogP contribution in [0.4, 0.5) is 0 Å². The molecule has 10 rings (SSSR count). The van der Waals surface area contributed by atoms with Gasteiger partial charge >= 0.3 is 11.4 Å². The molecule has 78 heavy (non-hydrogen) atoms. The number of benzene rings is 2. The highest BCUT2D eigenvalue weighted by Gasteiger charge is 2.28. The lowest BCUT2D eigenvalue weighted by atomic mass is 10.00. The second kappa shape index (κ2) is 22.3. The van der Waals surface area contributed by atoms with Gasteiger partial charge in [-0.25, -0.2) is 9.59 Å². The molecule has 0 saturated carbocycles. The maximum Gasteiger partial charge on any atom is 0.330 e. The Balaban J connectivity index is 0.752. The molecule has 8 heterocycles. The summed E-state index contributed by atoms with van der Waals surface area (Å²) in [4.78, 5) is 74.4. The molecule has 10 aromatic rings. The standard InChI is InChI=1S/C56H58N12O10/c1-31-51(35(5)77-63-31)39-23-43-37(25-47(39)73-7)53-45(27-61-43)65(55(71)67(53)33(3)41-13-9-11-15-57-41)29-49(69)59-17-19-75-21-22-76-20-18-60-50(70)30-66-46-28-62-44-24-40(52-32(2)64-78-36(52)6)48(74-8)26-38(44)54(46)68(56(66)72)34(4)42-14-10-12-16-58-42/h9-16,23-28,33-34H,17-22,29-30H2,1-8H3,(H,59,69)(H,60,70)/t33-,34+. The van der Waals surface area contributed by atoms with E-state index in [1.165, 1.54) is 9.13 Å². The number of carbonyl (C=O) groups excluding carboxylic acids is 2. The van der Waals surface area contributed by atoms with E-state index in [9.17, 15) is 19.2 Å². The van der Waals surface area contributed by atoms with Gasteiger partial charge in [-0.3, -0.25) is 47.8 Å². The number of ether oxygens (including phenoxy) is 4. The predicted octanol–water partition coefficient (Wildman–Crippen LogP) is 6.55. The second-order valence-electron chi connectivity index (χ2n) is 18.8. The van der Waals surface area contributed by atoms with Gasteiger partial charge in [0.15, 0.2) is 0 Å². The number of fused-ring (bicyclic) bond motifs is 6. The molecular formula is C56H58N12O10. The maximum atomic E-state index is 14.4. The summed E-state index contributed by atoms with van der Waals surface area (Å²) >= 11 is 0. The largest absolute Gasteiger partial charge is 0.496 e. The Hall–Kier alpha value is -9.02. The second-order valence-corrected chi connectivity index (χ2v) is 18.8. The summed E-state index contributed by atoms with van der Waals surface area (Å²) in [5.74, 6) is 1.54. The monoisotopic (exact) mass is 1060 g/mol. The SMILES string of the molecule is COc1cc2c(cc1-c1c(C)noc1C)ncc1c2n([C@H](C)c2ccccn2)c(=O)n1CC(=O)NCCOCCOCCNC(=O)Cn1c(=O)n([C@@H](C)c2ccccn2)c2c3cc(OC)c(-c4c(C)noc4C)cc3ncc21. The number of hydrogen-bond donors (Lipinski definition) is 2. The third kappa shape index (κ3) is 9.86. The Morgan fingerprint density at radius 2 is 1.01 bits per heavy atom. The number of methoxy groups -OCH3 is 2. The zero-order valence-corrected chi connectivity index (χ0v) is 44.4. The smallest absolute Gasteiger partial charge is 0.330 e. The highest BCUT2D eigenvalue weighted by atomic mass is 16.5. The van der Waals surface area contributed by atoms with E-state index in [0.29, 0.717) is 89.7 Å². The molecule has 0 bridgehead atoms. The van der Waals surface area contributed by atoms with Gasteiger partial charge in [0, 0.05) is 47.4 Å². The van der Waals surface area contributed by atoms with E-state index in [2.05, 4.69) is 30.9 Å². The summed E-state index contributed by atoms with van der Waals surface area (Å²) in [6.07, 6.45) is 6.56. The van der Waals surface area contributed by atoms with Gasteiger partial charge in [-0.05, 0) is 90.1 Å². The number of nitrogens with one attached hydrogen (secondary N) is 2. The summed E-state index contributed by atoms with van der Waals surface area (Å²) in [6, 6.07) is 17.5. The van der Waals surface area contributed by atoms with Crippen molar-refractivity contribution >= 4 is 55.7 Å². The zero-order chi connectivity index (χ0) is 54.8. The molecule has 22 nitrogen and oxygen atoms in total. The lowest BCUT2D eigenvalue weighted by Gasteiger charge is -2.15. The van der Waals surface area contributed by atoms with E-state index in [1.54, 1.807) is 48.1 Å². The Labute approximate surface area is 445 Å². The van der Waals surface area contributed by atoms with Crippen molar-refractivity contribution in [3.05, 3.63) is 141 Å². The van der Waals surface area contributed by atoms with Crippen LogP contribution in [0.1, 0.15) is 60.2 Å². The van der Waals surface area contributed by atoms with Gasteiger partial charge in [-0.2, -0.15) is 0 Å². The molecule has 8 aromatic heterocycles. The quantitative estimate of drug-likeness (QED) is 0.0724. The number of amides is 2. The first-order valence-corrected chi connectivity index (χ1v) is 25.4. The number of hydrogen-bond acceptors (Lipinski definition) is 16. The molecule has 0 aliphatic carbocycles. The normalized spacial score (nSPS) is 12.5.